The Morgan fingerprint density at radius 3 is 1.63 bits per heavy atom. The average molecular weight is 260 g/mol. The zero-order valence-electron chi connectivity index (χ0n) is 14.2. The van der Waals surface area contributed by atoms with Gasteiger partial charge in [0.25, 0.3) is 0 Å². The Kier molecular flexibility index (Phi) is 16.5. The van der Waals surface area contributed by atoms with E-state index in [0.717, 1.165) is 5.82 Å². The topological polar surface area (TPSA) is 0 Å². The molecule has 0 aromatic heterocycles. The molecule has 108 valence electrons. The highest BCUT2D eigenvalue weighted by atomic mass is 14.0. The zero-order chi connectivity index (χ0) is 14.2. The minimum absolute atomic E-state index is 1.04. The molecular formula is C15H36B4. The van der Waals surface area contributed by atoms with E-state index in [1.165, 1.54) is 98.3 Å². The highest BCUT2D eigenvalue weighted by Gasteiger charge is 2.09. The molecule has 0 atom stereocenters. The molecule has 0 aliphatic rings. The third-order valence-electron chi connectivity index (χ3n) is 4.40. The summed E-state index contributed by atoms with van der Waals surface area (Å²) in [6.07, 6.45) is 17.5. The van der Waals surface area contributed by atoms with Crippen LogP contribution >= 0.6 is 0 Å². The summed E-state index contributed by atoms with van der Waals surface area (Å²) in [6.45, 7) is 4.61. The van der Waals surface area contributed by atoms with Gasteiger partial charge in [0, 0.05) is 14.1 Å². The van der Waals surface area contributed by atoms with Crippen molar-refractivity contribution in [3.63, 3.8) is 0 Å². The fourth-order valence-corrected chi connectivity index (χ4v) is 3.00. The van der Waals surface area contributed by atoms with Crippen molar-refractivity contribution in [3.8, 4) is 0 Å². The average Bonchev–Trinajstić information content (AvgIpc) is 2.43. The van der Waals surface area contributed by atoms with Crippen LogP contribution in [0.25, 0.3) is 0 Å². The highest BCUT2D eigenvalue weighted by molar-refractivity contribution is 7.41. The first-order valence-corrected chi connectivity index (χ1v) is 9.35. The Balaban J connectivity index is 3.57. The summed E-state index contributed by atoms with van der Waals surface area (Å²) in [6, 6.07) is 0. The molecule has 0 aliphatic carbocycles. The van der Waals surface area contributed by atoms with Gasteiger partial charge in [-0.25, -0.2) is 0 Å². The van der Waals surface area contributed by atoms with E-state index in [9.17, 15) is 0 Å². The van der Waals surface area contributed by atoms with Crippen LogP contribution in [0.1, 0.15) is 90.9 Å². The van der Waals surface area contributed by atoms with Crippen LogP contribution < -0.4 is 0 Å². The van der Waals surface area contributed by atoms with Gasteiger partial charge in [-0.2, -0.15) is 0 Å². The molecule has 0 radical (unpaired) electrons. The number of rotatable bonds is 15. The maximum Gasteiger partial charge on any atom is 0.0815 e. The summed E-state index contributed by atoms with van der Waals surface area (Å²) >= 11 is 0. The summed E-state index contributed by atoms with van der Waals surface area (Å²) in [5, 5.41) is 0. The number of hydrogen-bond donors (Lipinski definition) is 0. The van der Waals surface area contributed by atoms with Gasteiger partial charge in [0.05, 0.1) is 14.9 Å². The van der Waals surface area contributed by atoms with Crippen LogP contribution in [0.15, 0.2) is 0 Å². The molecule has 0 amide bonds. The van der Waals surface area contributed by atoms with Crippen LogP contribution in [0.3, 0.4) is 0 Å². The van der Waals surface area contributed by atoms with E-state index in [1.807, 2.05) is 0 Å². The molecule has 0 aromatic carbocycles. The largest absolute Gasteiger partial charge is 0.0815 e. The van der Waals surface area contributed by atoms with Crippen molar-refractivity contribution in [2.45, 2.75) is 96.7 Å². The predicted molar refractivity (Wildman–Crippen MR) is 100 cm³/mol. The molecule has 0 saturated carbocycles. The monoisotopic (exact) mass is 260 g/mol. The van der Waals surface area contributed by atoms with Crippen LogP contribution in [-0.2, 0) is 0 Å². The van der Waals surface area contributed by atoms with Crippen molar-refractivity contribution in [1.29, 1.82) is 0 Å². The fraction of sp³-hybridized carbons (Fsp3) is 1.00. The van der Waals surface area contributed by atoms with Crippen molar-refractivity contribution in [1.82, 2.24) is 0 Å². The molecule has 0 heterocycles. The second-order valence-corrected chi connectivity index (χ2v) is 6.41. The summed E-state index contributed by atoms with van der Waals surface area (Å²) in [5.41, 5.74) is 0. The van der Waals surface area contributed by atoms with Gasteiger partial charge < -0.3 is 0 Å². The van der Waals surface area contributed by atoms with Crippen molar-refractivity contribution in [3.05, 3.63) is 0 Å². The maximum absolute atomic E-state index is 2.33. The van der Waals surface area contributed by atoms with Gasteiger partial charge in [-0.05, 0) is 0 Å². The molecule has 4 heteroatoms. The molecule has 0 nitrogen and oxygen atoms in total. The molecule has 0 spiro atoms. The Labute approximate surface area is 126 Å². The first-order valence-electron chi connectivity index (χ1n) is 9.35. The molecule has 0 rings (SSSR count). The summed E-state index contributed by atoms with van der Waals surface area (Å²) < 4.78 is 0. The predicted octanol–water partition coefficient (Wildman–Crippen LogP) is 3.18. The van der Waals surface area contributed by atoms with Crippen molar-refractivity contribution >= 4 is 29.0 Å². The van der Waals surface area contributed by atoms with Gasteiger partial charge in [-0.1, -0.05) is 96.7 Å². The summed E-state index contributed by atoms with van der Waals surface area (Å²) in [4.78, 5) is 0. The molecule has 0 unspecified atom stereocenters. The molecule has 0 bridgehead atoms. The Morgan fingerprint density at radius 2 is 1.21 bits per heavy atom. The van der Waals surface area contributed by atoms with Crippen LogP contribution in [-0.4, -0.2) is 29.0 Å². The molecule has 0 N–H and O–H groups in total. The second-order valence-electron chi connectivity index (χ2n) is 6.41. The Morgan fingerprint density at radius 1 is 0.737 bits per heavy atom. The molecule has 19 heavy (non-hydrogen) atoms. The minimum Gasteiger partial charge on any atom is -0.0740 e. The fourth-order valence-electron chi connectivity index (χ4n) is 3.00. The van der Waals surface area contributed by atoms with E-state index in [-0.39, 0.29) is 0 Å². The molecule has 0 aromatic rings. The van der Waals surface area contributed by atoms with E-state index in [4.69, 9.17) is 0 Å². The van der Waals surface area contributed by atoms with Gasteiger partial charge in [0.1, 0.15) is 0 Å². The maximum atomic E-state index is 2.33. The summed E-state index contributed by atoms with van der Waals surface area (Å²) in [5.74, 6) is 1.04. The lowest BCUT2D eigenvalue weighted by Crippen LogP contribution is -2.18. The standard InChI is InChI=1S/C15H36B4/c1-3-5-7-9-11-13-15(17-19-18-16)14-12-10-8-6-4-2/h15,17-19H,3-14,16H2,1-2H3. The van der Waals surface area contributed by atoms with Gasteiger partial charge in [0.15, 0.2) is 0 Å². The molecule has 0 aliphatic heterocycles. The minimum atomic E-state index is 1.04. The first kappa shape index (κ1) is 19.3. The zero-order valence-corrected chi connectivity index (χ0v) is 14.2. The van der Waals surface area contributed by atoms with Crippen LogP contribution in [0.4, 0.5) is 0 Å². The van der Waals surface area contributed by atoms with E-state index >= 15 is 0 Å². The Bertz CT molecular complexity index is 150. The lowest BCUT2D eigenvalue weighted by molar-refractivity contribution is 0.541. The second kappa shape index (κ2) is 16.3. The lowest BCUT2D eigenvalue weighted by Gasteiger charge is -2.15. The number of unbranched alkanes of at least 4 members (excludes halogenated alkanes) is 8. The van der Waals surface area contributed by atoms with Crippen LogP contribution in [0.5, 0.6) is 0 Å². The lowest BCUT2D eigenvalue weighted by atomic mass is 9.11. The molecule has 0 fully saturated rings. The Hall–Kier alpha value is 0.260. The quantitative estimate of drug-likeness (QED) is 0.313. The first-order chi connectivity index (χ1) is 9.35. The van der Waals surface area contributed by atoms with Gasteiger partial charge in [-0.15, -0.1) is 0 Å². The van der Waals surface area contributed by atoms with E-state index < -0.39 is 0 Å². The van der Waals surface area contributed by atoms with Gasteiger partial charge in [-0.3, -0.25) is 0 Å². The third-order valence-corrected chi connectivity index (χ3v) is 4.40. The van der Waals surface area contributed by atoms with Crippen molar-refractivity contribution < 1.29 is 0 Å². The van der Waals surface area contributed by atoms with E-state index in [1.54, 1.807) is 0 Å². The SMILES string of the molecule is BBBBC(CCCCCCC)CCCCCCC. The van der Waals surface area contributed by atoms with Gasteiger partial charge in [0.2, 0.25) is 0 Å². The third kappa shape index (κ3) is 14.5. The smallest absolute Gasteiger partial charge is 0.0740 e. The normalized spacial score (nSPS) is 10.7. The van der Waals surface area contributed by atoms with E-state index in [0.29, 0.717) is 0 Å². The van der Waals surface area contributed by atoms with Crippen LogP contribution in [0, 0.1) is 0 Å². The molecule has 0 saturated heterocycles. The van der Waals surface area contributed by atoms with Crippen LogP contribution in [0.2, 0.25) is 5.82 Å². The molecular weight excluding hydrogens is 223 g/mol. The van der Waals surface area contributed by atoms with Gasteiger partial charge >= 0.3 is 0 Å². The van der Waals surface area contributed by atoms with Crippen molar-refractivity contribution in [2.75, 3.05) is 0 Å². The highest BCUT2D eigenvalue weighted by Crippen LogP contribution is 2.22. The summed E-state index contributed by atoms with van der Waals surface area (Å²) in [7, 11) is 6.66. The van der Waals surface area contributed by atoms with Crippen molar-refractivity contribution in [2.24, 2.45) is 0 Å². The number of hydrogen-bond acceptors (Lipinski definition) is 0. The van der Waals surface area contributed by atoms with E-state index in [2.05, 4.69) is 21.6 Å².